The van der Waals surface area contributed by atoms with E-state index in [0.717, 1.165) is 28.8 Å². The molecular formula is C22H21NO4S. The molecule has 1 N–H and O–H groups in total. The number of aryl methyl sites for hydroxylation is 1. The number of rotatable bonds is 7. The van der Waals surface area contributed by atoms with E-state index in [1.54, 1.807) is 23.7 Å². The van der Waals surface area contributed by atoms with E-state index in [0.29, 0.717) is 25.1 Å². The van der Waals surface area contributed by atoms with E-state index >= 15 is 0 Å². The molecule has 0 saturated carbocycles. The summed E-state index contributed by atoms with van der Waals surface area (Å²) in [6, 6.07) is 13.0. The summed E-state index contributed by atoms with van der Waals surface area (Å²) < 4.78 is 10.9. The number of hydrogen-bond donors (Lipinski definition) is 1. The summed E-state index contributed by atoms with van der Waals surface area (Å²) in [7, 11) is 0. The van der Waals surface area contributed by atoms with Crippen molar-refractivity contribution in [3.8, 4) is 5.75 Å². The van der Waals surface area contributed by atoms with Crippen molar-refractivity contribution in [1.82, 2.24) is 4.90 Å². The number of phenols is 1. The van der Waals surface area contributed by atoms with Gasteiger partial charge in [-0.25, -0.2) is 4.79 Å². The second-order valence-electron chi connectivity index (χ2n) is 6.73. The van der Waals surface area contributed by atoms with Gasteiger partial charge in [-0.1, -0.05) is 13.0 Å². The van der Waals surface area contributed by atoms with E-state index in [2.05, 4.69) is 16.3 Å². The Kier molecular flexibility index (Phi) is 5.32. The van der Waals surface area contributed by atoms with Crippen molar-refractivity contribution in [2.45, 2.75) is 33.0 Å². The number of benzene rings is 1. The maximum Gasteiger partial charge on any atom is 0.336 e. The van der Waals surface area contributed by atoms with Crippen LogP contribution in [0.2, 0.25) is 0 Å². The Morgan fingerprint density at radius 2 is 1.96 bits per heavy atom. The molecule has 0 atom stereocenters. The summed E-state index contributed by atoms with van der Waals surface area (Å²) in [6.07, 6.45) is 2.37. The molecule has 0 aliphatic heterocycles. The van der Waals surface area contributed by atoms with Gasteiger partial charge in [0.2, 0.25) is 0 Å². The lowest BCUT2D eigenvalue weighted by atomic mass is 10.0. The monoisotopic (exact) mass is 395 g/mol. The van der Waals surface area contributed by atoms with E-state index in [9.17, 15) is 9.90 Å². The summed E-state index contributed by atoms with van der Waals surface area (Å²) in [5, 5.41) is 13.0. The fourth-order valence-electron chi connectivity index (χ4n) is 3.38. The molecule has 0 bridgehead atoms. The summed E-state index contributed by atoms with van der Waals surface area (Å²) in [5.74, 6) is 1.03. The first-order valence-corrected chi connectivity index (χ1v) is 10.1. The third-order valence-electron chi connectivity index (χ3n) is 4.72. The van der Waals surface area contributed by atoms with Crippen LogP contribution in [0.15, 0.2) is 67.7 Å². The van der Waals surface area contributed by atoms with Crippen molar-refractivity contribution in [2.24, 2.45) is 0 Å². The predicted molar refractivity (Wildman–Crippen MR) is 110 cm³/mol. The van der Waals surface area contributed by atoms with E-state index in [1.165, 1.54) is 10.9 Å². The van der Waals surface area contributed by atoms with Gasteiger partial charge in [-0.15, -0.1) is 11.3 Å². The number of aromatic hydroxyl groups is 1. The molecule has 1 aromatic carbocycles. The third-order valence-corrected chi connectivity index (χ3v) is 5.58. The second-order valence-corrected chi connectivity index (χ2v) is 7.76. The van der Waals surface area contributed by atoms with Gasteiger partial charge in [0.15, 0.2) is 0 Å². The van der Waals surface area contributed by atoms with E-state index in [1.807, 2.05) is 31.2 Å². The molecule has 3 heterocycles. The molecule has 0 aliphatic rings. The molecule has 4 aromatic rings. The lowest BCUT2D eigenvalue weighted by Crippen LogP contribution is -2.22. The highest BCUT2D eigenvalue weighted by atomic mass is 32.1. The fourth-order valence-corrected chi connectivity index (χ4v) is 4.12. The van der Waals surface area contributed by atoms with Crippen LogP contribution in [0.3, 0.4) is 0 Å². The van der Waals surface area contributed by atoms with Crippen molar-refractivity contribution < 1.29 is 13.9 Å². The number of nitrogens with zero attached hydrogens (tertiary/aromatic N) is 1. The molecule has 6 heteroatoms. The average molecular weight is 395 g/mol. The van der Waals surface area contributed by atoms with Crippen LogP contribution in [0, 0.1) is 0 Å². The number of fused-ring (bicyclic) bond motifs is 1. The smallest absolute Gasteiger partial charge is 0.336 e. The van der Waals surface area contributed by atoms with Crippen molar-refractivity contribution in [3.05, 3.63) is 86.3 Å². The minimum Gasteiger partial charge on any atom is -0.508 e. The highest BCUT2D eigenvalue weighted by Crippen LogP contribution is 2.28. The molecule has 0 fully saturated rings. The quantitative estimate of drug-likeness (QED) is 0.450. The highest BCUT2D eigenvalue weighted by Gasteiger charge is 2.15. The summed E-state index contributed by atoms with van der Waals surface area (Å²) in [4.78, 5) is 15.6. The molecule has 0 spiro atoms. The van der Waals surface area contributed by atoms with Gasteiger partial charge in [-0.05, 0) is 47.2 Å². The zero-order chi connectivity index (χ0) is 19.5. The van der Waals surface area contributed by atoms with Gasteiger partial charge in [-0.3, -0.25) is 4.90 Å². The van der Waals surface area contributed by atoms with Gasteiger partial charge in [0.25, 0.3) is 0 Å². The van der Waals surface area contributed by atoms with Gasteiger partial charge in [-0.2, -0.15) is 0 Å². The zero-order valence-electron chi connectivity index (χ0n) is 15.6. The SMILES string of the molecule is CCc1cc2c(CN(Cc3ccco3)Cc3cccs3)cc(=O)oc2cc1O. The Labute approximate surface area is 166 Å². The maximum absolute atomic E-state index is 12.1. The molecule has 144 valence electrons. The molecule has 3 aromatic heterocycles. The average Bonchev–Trinajstić information content (AvgIpc) is 3.35. The molecule has 5 nitrogen and oxygen atoms in total. The van der Waals surface area contributed by atoms with Crippen LogP contribution >= 0.6 is 11.3 Å². The van der Waals surface area contributed by atoms with Gasteiger partial charge in [0.05, 0.1) is 12.8 Å². The molecular weight excluding hydrogens is 374 g/mol. The molecule has 0 radical (unpaired) electrons. The summed E-state index contributed by atoms with van der Waals surface area (Å²) in [6.45, 7) is 3.93. The number of phenolic OH excluding ortho intramolecular Hbond substituents is 1. The minimum atomic E-state index is -0.416. The Morgan fingerprint density at radius 1 is 1.07 bits per heavy atom. The number of furan rings is 1. The highest BCUT2D eigenvalue weighted by molar-refractivity contribution is 7.09. The van der Waals surface area contributed by atoms with Crippen LogP contribution in [0.25, 0.3) is 11.0 Å². The Balaban J connectivity index is 1.72. The van der Waals surface area contributed by atoms with Gasteiger partial charge in [0.1, 0.15) is 17.1 Å². The summed E-state index contributed by atoms with van der Waals surface area (Å²) >= 11 is 1.70. The van der Waals surface area contributed by atoms with E-state index in [-0.39, 0.29) is 5.75 Å². The number of thiophene rings is 1. The van der Waals surface area contributed by atoms with Gasteiger partial charge in [0, 0.05) is 35.5 Å². The summed E-state index contributed by atoms with van der Waals surface area (Å²) in [5.41, 5.74) is 1.70. The first kappa shape index (κ1) is 18.5. The lowest BCUT2D eigenvalue weighted by molar-refractivity contribution is 0.229. The normalized spacial score (nSPS) is 11.5. The minimum absolute atomic E-state index is 0.154. The zero-order valence-corrected chi connectivity index (χ0v) is 16.4. The largest absolute Gasteiger partial charge is 0.508 e. The maximum atomic E-state index is 12.1. The Bertz CT molecular complexity index is 1080. The van der Waals surface area contributed by atoms with Crippen molar-refractivity contribution in [1.29, 1.82) is 0 Å². The van der Waals surface area contributed by atoms with Crippen LogP contribution in [-0.4, -0.2) is 10.0 Å². The molecule has 0 aliphatic carbocycles. The third kappa shape index (κ3) is 4.03. The van der Waals surface area contributed by atoms with Crippen molar-refractivity contribution >= 4 is 22.3 Å². The molecule has 28 heavy (non-hydrogen) atoms. The Hall–Kier alpha value is -2.83. The van der Waals surface area contributed by atoms with Gasteiger partial charge >= 0.3 is 5.63 Å². The van der Waals surface area contributed by atoms with E-state index in [4.69, 9.17) is 8.83 Å². The lowest BCUT2D eigenvalue weighted by Gasteiger charge is -2.21. The van der Waals surface area contributed by atoms with E-state index < -0.39 is 5.63 Å². The fraction of sp³-hybridized carbons (Fsp3) is 0.227. The first-order valence-electron chi connectivity index (χ1n) is 9.18. The van der Waals surface area contributed by atoms with Crippen LogP contribution in [0.1, 0.15) is 28.7 Å². The van der Waals surface area contributed by atoms with Crippen LogP contribution < -0.4 is 5.63 Å². The Morgan fingerprint density at radius 3 is 2.68 bits per heavy atom. The number of hydrogen-bond acceptors (Lipinski definition) is 6. The first-order chi connectivity index (χ1) is 13.6. The second kappa shape index (κ2) is 8.04. The van der Waals surface area contributed by atoms with Gasteiger partial charge < -0.3 is 13.9 Å². The molecule has 0 unspecified atom stereocenters. The van der Waals surface area contributed by atoms with Crippen molar-refractivity contribution in [2.75, 3.05) is 0 Å². The predicted octanol–water partition coefficient (Wildman–Crippen LogP) is 4.92. The molecule has 4 rings (SSSR count). The standard InChI is InChI=1S/C22H21NO4S/c1-2-15-9-19-16(10-22(25)27-21(19)11-20(15)24)12-23(13-17-5-3-7-26-17)14-18-6-4-8-28-18/h3-11,24H,2,12-14H2,1H3. The van der Waals surface area contributed by atoms with Crippen LogP contribution in [0.4, 0.5) is 0 Å². The van der Waals surface area contributed by atoms with Crippen molar-refractivity contribution in [3.63, 3.8) is 0 Å². The van der Waals surface area contributed by atoms with Crippen LogP contribution in [-0.2, 0) is 26.1 Å². The molecule has 0 amide bonds. The topological polar surface area (TPSA) is 66.8 Å². The molecule has 0 saturated heterocycles. The van der Waals surface area contributed by atoms with Crippen LogP contribution in [0.5, 0.6) is 5.75 Å².